The summed E-state index contributed by atoms with van der Waals surface area (Å²) < 4.78 is 0.344. The molecule has 0 bridgehead atoms. The molecular formula is C13H21NOS3. The summed E-state index contributed by atoms with van der Waals surface area (Å²) >= 11 is 6.48. The van der Waals surface area contributed by atoms with Crippen molar-refractivity contribution in [2.24, 2.45) is 5.92 Å². The van der Waals surface area contributed by atoms with Gasteiger partial charge in [0.15, 0.2) is 0 Å². The molecule has 3 saturated heterocycles. The molecule has 3 aliphatic rings. The summed E-state index contributed by atoms with van der Waals surface area (Å²) in [5.74, 6) is 4.92. The third-order valence-corrected chi connectivity index (χ3v) is 9.73. The first-order chi connectivity index (χ1) is 8.77. The molecule has 1 amide bonds. The molecule has 5 heteroatoms. The van der Waals surface area contributed by atoms with E-state index >= 15 is 0 Å². The van der Waals surface area contributed by atoms with E-state index in [-0.39, 0.29) is 0 Å². The fraction of sp³-hybridized carbons (Fsp3) is 0.923. The maximum atomic E-state index is 11.9. The predicted octanol–water partition coefficient (Wildman–Crippen LogP) is 3.27. The van der Waals surface area contributed by atoms with E-state index in [9.17, 15) is 4.79 Å². The van der Waals surface area contributed by atoms with Crippen LogP contribution in [0, 0.1) is 5.92 Å². The Labute approximate surface area is 122 Å². The van der Waals surface area contributed by atoms with E-state index in [1.807, 2.05) is 0 Å². The van der Waals surface area contributed by atoms with Crippen molar-refractivity contribution in [2.45, 2.75) is 42.1 Å². The highest BCUT2D eigenvalue weighted by Gasteiger charge is 2.52. The van der Waals surface area contributed by atoms with Crippen LogP contribution in [0.15, 0.2) is 0 Å². The highest BCUT2D eigenvalue weighted by atomic mass is 32.3. The summed E-state index contributed by atoms with van der Waals surface area (Å²) in [6, 6.07) is 0.551. The topological polar surface area (TPSA) is 20.3 Å². The Hall–Kier alpha value is 0.520. The fourth-order valence-corrected chi connectivity index (χ4v) is 9.39. The summed E-state index contributed by atoms with van der Waals surface area (Å²) in [5.41, 5.74) is 0. The first kappa shape index (κ1) is 13.5. The van der Waals surface area contributed by atoms with E-state index in [4.69, 9.17) is 0 Å². The molecule has 102 valence electrons. The van der Waals surface area contributed by atoms with Crippen molar-refractivity contribution >= 4 is 41.2 Å². The minimum atomic E-state index is 0.344. The van der Waals surface area contributed by atoms with Gasteiger partial charge in [-0.2, -0.15) is 0 Å². The molecular weight excluding hydrogens is 282 g/mol. The van der Waals surface area contributed by atoms with Crippen LogP contribution < -0.4 is 0 Å². The molecule has 3 heterocycles. The molecule has 0 aliphatic carbocycles. The molecule has 3 fully saturated rings. The number of hydrogen-bond donors (Lipinski definition) is 0. The van der Waals surface area contributed by atoms with Crippen molar-refractivity contribution in [3.8, 4) is 0 Å². The van der Waals surface area contributed by atoms with Crippen LogP contribution >= 0.6 is 35.3 Å². The highest BCUT2D eigenvalue weighted by Crippen LogP contribution is 2.59. The summed E-state index contributed by atoms with van der Waals surface area (Å²) in [6.45, 7) is 3.29. The van der Waals surface area contributed by atoms with E-state index < -0.39 is 0 Å². The number of thioether (sulfide) groups is 3. The predicted molar refractivity (Wildman–Crippen MR) is 83.2 cm³/mol. The van der Waals surface area contributed by atoms with Crippen LogP contribution in [0.3, 0.4) is 0 Å². The lowest BCUT2D eigenvalue weighted by molar-refractivity contribution is -0.128. The van der Waals surface area contributed by atoms with Gasteiger partial charge in [-0.1, -0.05) is 6.92 Å². The molecule has 0 aromatic heterocycles. The lowest BCUT2D eigenvalue weighted by Crippen LogP contribution is -2.39. The van der Waals surface area contributed by atoms with Gasteiger partial charge >= 0.3 is 0 Å². The summed E-state index contributed by atoms with van der Waals surface area (Å²) in [7, 11) is 0. The minimum Gasteiger partial charge on any atom is -0.339 e. The Morgan fingerprint density at radius 2 is 2.17 bits per heavy atom. The monoisotopic (exact) mass is 303 g/mol. The van der Waals surface area contributed by atoms with Crippen molar-refractivity contribution < 1.29 is 4.79 Å². The third kappa shape index (κ3) is 2.20. The van der Waals surface area contributed by atoms with Crippen molar-refractivity contribution in [1.82, 2.24) is 4.90 Å². The van der Waals surface area contributed by atoms with Gasteiger partial charge in [0, 0.05) is 24.9 Å². The Bertz CT molecular complexity index is 325. The molecule has 0 N–H and O–H groups in total. The maximum Gasteiger partial charge on any atom is 0.222 e. The fourth-order valence-electron chi connectivity index (χ4n) is 3.48. The molecule has 0 spiro atoms. The molecule has 3 aliphatic heterocycles. The van der Waals surface area contributed by atoms with Crippen LogP contribution in [-0.4, -0.2) is 44.1 Å². The Morgan fingerprint density at radius 3 is 2.89 bits per heavy atom. The Morgan fingerprint density at radius 1 is 1.39 bits per heavy atom. The second-order valence-corrected chi connectivity index (χ2v) is 10.1. The molecule has 0 aromatic rings. The molecule has 2 nitrogen and oxygen atoms in total. The average molecular weight is 304 g/mol. The molecule has 18 heavy (non-hydrogen) atoms. The van der Waals surface area contributed by atoms with Gasteiger partial charge in [0.05, 0.1) is 0 Å². The number of hydrogen-bond acceptors (Lipinski definition) is 4. The summed E-state index contributed by atoms with van der Waals surface area (Å²) in [6.07, 6.45) is 4.48. The number of amides is 1. The zero-order valence-corrected chi connectivity index (χ0v) is 13.3. The number of carbonyl (C=O) groups is 1. The first-order valence-electron chi connectivity index (χ1n) is 6.98. The van der Waals surface area contributed by atoms with Gasteiger partial charge in [-0.25, -0.2) is 0 Å². The number of carbonyl (C=O) groups excluding carboxylic acids is 1. The normalized spacial score (nSPS) is 34.9. The van der Waals surface area contributed by atoms with Crippen LogP contribution in [0.4, 0.5) is 0 Å². The van der Waals surface area contributed by atoms with Gasteiger partial charge in [-0.15, -0.1) is 35.3 Å². The van der Waals surface area contributed by atoms with Crippen molar-refractivity contribution in [3.05, 3.63) is 0 Å². The summed E-state index contributed by atoms with van der Waals surface area (Å²) in [5, 5.41) is 0. The average Bonchev–Trinajstić information content (AvgIpc) is 2.95. The zero-order chi connectivity index (χ0) is 12.6. The standard InChI is InChI=1S/C13H21NOS3/c1-2-16-13(17-8-3-9-18-13)10-6-7-14-11(10)4-5-12(14)15/h10-11H,2-9H2,1H3. The van der Waals surface area contributed by atoms with Gasteiger partial charge in [-0.05, 0) is 36.5 Å². The van der Waals surface area contributed by atoms with Gasteiger partial charge in [0.2, 0.25) is 5.91 Å². The van der Waals surface area contributed by atoms with E-state index in [2.05, 4.69) is 47.1 Å². The number of nitrogens with zero attached hydrogens (tertiary/aromatic N) is 1. The molecule has 0 aromatic carbocycles. The first-order valence-corrected chi connectivity index (χ1v) is 9.94. The molecule has 0 saturated carbocycles. The Balaban J connectivity index is 1.80. The van der Waals surface area contributed by atoms with E-state index in [0.717, 1.165) is 19.4 Å². The lowest BCUT2D eigenvalue weighted by atomic mass is 10.00. The number of rotatable bonds is 3. The largest absolute Gasteiger partial charge is 0.339 e. The zero-order valence-electron chi connectivity index (χ0n) is 10.9. The lowest BCUT2D eigenvalue weighted by Gasteiger charge is -2.42. The smallest absolute Gasteiger partial charge is 0.222 e. The van der Waals surface area contributed by atoms with Crippen LogP contribution in [-0.2, 0) is 4.79 Å². The molecule has 0 radical (unpaired) electrons. The van der Waals surface area contributed by atoms with Gasteiger partial charge < -0.3 is 4.90 Å². The number of fused-ring (bicyclic) bond motifs is 1. The van der Waals surface area contributed by atoms with Crippen LogP contribution in [0.25, 0.3) is 0 Å². The molecule has 2 unspecified atom stereocenters. The van der Waals surface area contributed by atoms with E-state index in [0.29, 0.717) is 21.3 Å². The van der Waals surface area contributed by atoms with Crippen LogP contribution in [0.5, 0.6) is 0 Å². The van der Waals surface area contributed by atoms with E-state index in [1.165, 1.54) is 30.1 Å². The minimum absolute atomic E-state index is 0.344. The van der Waals surface area contributed by atoms with Crippen molar-refractivity contribution in [3.63, 3.8) is 0 Å². The molecule has 2 atom stereocenters. The van der Waals surface area contributed by atoms with Gasteiger partial charge in [0.25, 0.3) is 0 Å². The van der Waals surface area contributed by atoms with Gasteiger partial charge in [-0.3, -0.25) is 4.79 Å². The SMILES string of the molecule is CCSC1(C2CCN3C(=O)CCC23)SCCCS1. The van der Waals surface area contributed by atoms with E-state index in [1.54, 1.807) is 0 Å². The van der Waals surface area contributed by atoms with Gasteiger partial charge in [0.1, 0.15) is 3.41 Å². The van der Waals surface area contributed by atoms with Crippen molar-refractivity contribution in [1.29, 1.82) is 0 Å². The quantitative estimate of drug-likeness (QED) is 0.797. The Kier molecular flexibility index (Phi) is 4.12. The maximum absolute atomic E-state index is 11.9. The second kappa shape index (κ2) is 5.49. The second-order valence-electron chi connectivity index (χ2n) is 5.18. The van der Waals surface area contributed by atoms with Crippen LogP contribution in [0.1, 0.15) is 32.6 Å². The third-order valence-electron chi connectivity index (χ3n) is 4.21. The molecule has 3 rings (SSSR count). The summed E-state index contributed by atoms with van der Waals surface area (Å²) in [4.78, 5) is 14.0. The van der Waals surface area contributed by atoms with Crippen molar-refractivity contribution in [2.75, 3.05) is 23.8 Å². The highest BCUT2D eigenvalue weighted by molar-refractivity contribution is 8.34. The van der Waals surface area contributed by atoms with Crippen LogP contribution in [0.2, 0.25) is 0 Å².